The second-order valence-electron chi connectivity index (χ2n) is 8.42. The van der Waals surface area contributed by atoms with Crippen LogP contribution < -0.4 is 10.2 Å². The van der Waals surface area contributed by atoms with Gasteiger partial charge < -0.3 is 14.8 Å². The molecule has 1 aromatic carbocycles. The molecule has 2 aliphatic heterocycles. The lowest BCUT2D eigenvalue weighted by molar-refractivity contribution is 0.468. The van der Waals surface area contributed by atoms with Crippen LogP contribution in [-0.2, 0) is 19.4 Å². The Hall–Kier alpha value is -2.93. The minimum absolute atomic E-state index is 0.447. The van der Waals surface area contributed by atoms with Crippen molar-refractivity contribution in [3.8, 4) is 0 Å². The highest BCUT2D eigenvalue weighted by Crippen LogP contribution is 2.36. The summed E-state index contributed by atoms with van der Waals surface area (Å²) in [7, 11) is 0. The van der Waals surface area contributed by atoms with E-state index in [2.05, 4.69) is 51.1 Å². The molecule has 0 radical (unpaired) electrons. The largest absolute Gasteiger partial charge is 0.355 e. The van der Waals surface area contributed by atoms with Crippen LogP contribution in [0.15, 0.2) is 36.5 Å². The Morgan fingerprint density at radius 1 is 1.07 bits per heavy atom. The first kappa shape index (κ1) is 17.9. The average Bonchev–Trinajstić information content (AvgIpc) is 3.25. The molecular weight excluding hydrogens is 374 g/mol. The summed E-state index contributed by atoms with van der Waals surface area (Å²) in [6, 6.07) is 10.5. The van der Waals surface area contributed by atoms with E-state index < -0.39 is 0 Å². The smallest absolute Gasteiger partial charge is 0.157 e. The minimum Gasteiger partial charge on any atom is -0.355 e. The Morgan fingerprint density at radius 2 is 1.93 bits per heavy atom. The lowest BCUT2D eigenvalue weighted by Gasteiger charge is -2.41. The van der Waals surface area contributed by atoms with Crippen molar-refractivity contribution in [3.63, 3.8) is 0 Å². The van der Waals surface area contributed by atoms with Crippen molar-refractivity contribution < 1.29 is 0 Å². The number of rotatable bonds is 4. The van der Waals surface area contributed by atoms with Crippen molar-refractivity contribution in [2.24, 2.45) is 0 Å². The summed E-state index contributed by atoms with van der Waals surface area (Å²) >= 11 is 0. The van der Waals surface area contributed by atoms with E-state index in [4.69, 9.17) is 9.97 Å². The van der Waals surface area contributed by atoms with Gasteiger partial charge in [-0.05, 0) is 31.5 Å². The van der Waals surface area contributed by atoms with Crippen LogP contribution in [0.4, 0.5) is 5.82 Å². The zero-order chi connectivity index (χ0) is 20.1. The Morgan fingerprint density at radius 3 is 2.83 bits per heavy atom. The van der Waals surface area contributed by atoms with Crippen molar-refractivity contribution in [1.82, 2.24) is 29.5 Å². The maximum atomic E-state index is 5.03. The maximum absolute atomic E-state index is 5.03. The Labute approximate surface area is 175 Å². The molecule has 2 aliphatic rings. The lowest BCUT2D eigenvalue weighted by atomic mass is 9.97. The molecule has 5 heterocycles. The molecule has 30 heavy (non-hydrogen) atoms. The fourth-order valence-corrected chi connectivity index (χ4v) is 5.02. The highest BCUT2D eigenvalue weighted by Gasteiger charge is 2.35. The number of anilines is 1. The van der Waals surface area contributed by atoms with Crippen molar-refractivity contribution in [2.75, 3.05) is 31.1 Å². The van der Waals surface area contributed by atoms with Crippen LogP contribution in [0, 0.1) is 0 Å². The van der Waals surface area contributed by atoms with Crippen LogP contribution in [0.25, 0.3) is 16.7 Å². The predicted octanol–water partition coefficient (Wildman–Crippen LogP) is 2.78. The molecule has 0 aliphatic carbocycles. The van der Waals surface area contributed by atoms with Gasteiger partial charge >= 0.3 is 0 Å². The number of nitrogens with zero attached hydrogens (tertiary/aromatic N) is 6. The van der Waals surface area contributed by atoms with E-state index in [0.717, 1.165) is 63.2 Å². The van der Waals surface area contributed by atoms with Gasteiger partial charge in [-0.15, -0.1) is 0 Å². The lowest BCUT2D eigenvalue weighted by Crippen LogP contribution is -2.47. The van der Waals surface area contributed by atoms with Crippen LogP contribution in [0.1, 0.15) is 36.3 Å². The van der Waals surface area contributed by atoms with Crippen LogP contribution in [0.3, 0.4) is 0 Å². The fraction of sp³-hybridized carbons (Fsp3) is 0.435. The molecule has 0 spiro atoms. The van der Waals surface area contributed by atoms with Gasteiger partial charge in [-0.3, -0.25) is 0 Å². The van der Waals surface area contributed by atoms with Crippen molar-refractivity contribution in [2.45, 2.75) is 38.6 Å². The van der Waals surface area contributed by atoms with E-state index in [-0.39, 0.29) is 0 Å². The number of aromatic nitrogens is 5. The highest BCUT2D eigenvalue weighted by molar-refractivity contribution is 5.76. The number of imidazole rings is 1. The summed E-state index contributed by atoms with van der Waals surface area (Å²) < 4.78 is 4.47. The molecule has 0 unspecified atom stereocenters. The SMILES string of the molecule is CCCn1c(C2CN(c3c4c(nc5ccnn35)CCNCC4)C2)nc2ccccc21. The van der Waals surface area contributed by atoms with Crippen molar-refractivity contribution in [1.29, 1.82) is 0 Å². The fourth-order valence-electron chi connectivity index (χ4n) is 5.02. The van der Waals surface area contributed by atoms with Crippen LogP contribution in [0.2, 0.25) is 0 Å². The number of para-hydroxylation sites is 2. The summed E-state index contributed by atoms with van der Waals surface area (Å²) in [5, 5.41) is 8.12. The first-order valence-corrected chi connectivity index (χ1v) is 11.1. The summed E-state index contributed by atoms with van der Waals surface area (Å²) in [5.74, 6) is 2.91. The summed E-state index contributed by atoms with van der Waals surface area (Å²) in [6.07, 6.45) is 4.96. The molecule has 1 fully saturated rings. The molecule has 6 rings (SSSR count). The van der Waals surface area contributed by atoms with Crippen LogP contribution in [-0.4, -0.2) is 50.3 Å². The number of hydrogen-bond acceptors (Lipinski definition) is 5. The third-order valence-electron chi connectivity index (χ3n) is 6.46. The Kier molecular flexibility index (Phi) is 4.23. The zero-order valence-electron chi connectivity index (χ0n) is 17.4. The summed E-state index contributed by atoms with van der Waals surface area (Å²) in [4.78, 5) is 12.4. The molecule has 7 heteroatoms. The van der Waals surface area contributed by atoms with Crippen LogP contribution in [0.5, 0.6) is 0 Å². The van der Waals surface area contributed by atoms with Gasteiger partial charge in [0.2, 0.25) is 0 Å². The third-order valence-corrected chi connectivity index (χ3v) is 6.46. The second-order valence-corrected chi connectivity index (χ2v) is 8.42. The summed E-state index contributed by atoms with van der Waals surface area (Å²) in [5.41, 5.74) is 5.90. The quantitative estimate of drug-likeness (QED) is 0.570. The van der Waals surface area contributed by atoms with E-state index >= 15 is 0 Å². The van der Waals surface area contributed by atoms with E-state index in [1.54, 1.807) is 0 Å². The average molecular weight is 402 g/mol. The molecule has 0 atom stereocenters. The number of benzene rings is 1. The van der Waals surface area contributed by atoms with Crippen molar-refractivity contribution >= 4 is 22.5 Å². The molecule has 3 aromatic heterocycles. The molecule has 0 bridgehead atoms. The molecule has 154 valence electrons. The van der Waals surface area contributed by atoms with Gasteiger partial charge in [0, 0.05) is 44.2 Å². The normalized spacial score (nSPS) is 17.3. The number of aryl methyl sites for hydroxylation is 1. The number of hydrogen-bond donors (Lipinski definition) is 1. The van der Waals surface area contributed by atoms with Gasteiger partial charge in [0.25, 0.3) is 0 Å². The van der Waals surface area contributed by atoms with Gasteiger partial charge in [-0.2, -0.15) is 9.61 Å². The highest BCUT2D eigenvalue weighted by atomic mass is 15.4. The molecule has 4 aromatic rings. The van der Waals surface area contributed by atoms with Gasteiger partial charge in [0.15, 0.2) is 5.65 Å². The van der Waals surface area contributed by atoms with Crippen molar-refractivity contribution in [3.05, 3.63) is 53.6 Å². The molecule has 0 amide bonds. The van der Waals surface area contributed by atoms with Crippen LogP contribution >= 0.6 is 0 Å². The third kappa shape index (κ3) is 2.72. The van der Waals surface area contributed by atoms with E-state index in [9.17, 15) is 0 Å². The first-order valence-electron chi connectivity index (χ1n) is 11.1. The van der Waals surface area contributed by atoms with E-state index in [0.29, 0.717) is 5.92 Å². The minimum atomic E-state index is 0.447. The molecule has 1 saturated heterocycles. The first-order chi connectivity index (χ1) is 14.8. The maximum Gasteiger partial charge on any atom is 0.157 e. The standard InChI is InChI=1S/C23H27N7/c1-2-13-29-20-6-4-3-5-19(20)27-22(29)16-14-28(15-16)23-17-7-10-24-11-8-18(17)26-21-9-12-25-30(21)23/h3-6,9,12,16,24H,2,7-8,10-11,13-15H2,1H3. The topological polar surface area (TPSA) is 63.3 Å². The molecule has 1 N–H and O–H groups in total. The molecular formula is C23H27N7. The van der Waals surface area contributed by atoms with Gasteiger partial charge in [0.1, 0.15) is 11.6 Å². The second kappa shape index (κ2) is 7.09. The van der Waals surface area contributed by atoms with E-state index in [1.807, 2.05) is 16.8 Å². The number of fused-ring (bicyclic) bond motifs is 3. The Bertz CT molecular complexity index is 1220. The molecule has 7 nitrogen and oxygen atoms in total. The molecule has 0 saturated carbocycles. The summed E-state index contributed by atoms with van der Waals surface area (Å²) in [6.45, 7) is 7.20. The number of nitrogens with one attached hydrogen (secondary N) is 1. The van der Waals surface area contributed by atoms with Gasteiger partial charge in [0.05, 0.1) is 28.8 Å². The van der Waals surface area contributed by atoms with E-state index in [1.165, 1.54) is 28.4 Å². The monoisotopic (exact) mass is 401 g/mol. The van der Waals surface area contributed by atoms with Gasteiger partial charge in [-0.1, -0.05) is 19.1 Å². The zero-order valence-corrected chi connectivity index (χ0v) is 17.4. The predicted molar refractivity (Wildman–Crippen MR) is 118 cm³/mol. The Balaban J connectivity index is 1.37. The van der Waals surface area contributed by atoms with Gasteiger partial charge in [-0.25, -0.2) is 9.97 Å².